The van der Waals surface area contributed by atoms with Crippen molar-refractivity contribution < 1.29 is 14.3 Å². The van der Waals surface area contributed by atoms with Crippen molar-refractivity contribution in [2.24, 2.45) is 0 Å². The molecule has 104 valence electrons. The third kappa shape index (κ3) is 2.50. The van der Waals surface area contributed by atoms with Crippen LogP contribution in [0, 0.1) is 13.8 Å². The van der Waals surface area contributed by atoms with Gasteiger partial charge in [-0.1, -0.05) is 6.07 Å². The van der Waals surface area contributed by atoms with Gasteiger partial charge >= 0.3 is 0 Å². The zero-order chi connectivity index (χ0) is 14.7. The van der Waals surface area contributed by atoms with Gasteiger partial charge in [-0.15, -0.1) is 0 Å². The van der Waals surface area contributed by atoms with Gasteiger partial charge < -0.3 is 9.47 Å². The predicted molar refractivity (Wildman–Crippen MR) is 76.7 cm³/mol. The highest BCUT2D eigenvalue weighted by atomic mass is 16.5. The highest BCUT2D eigenvalue weighted by Gasteiger charge is 2.21. The molecule has 0 saturated carbocycles. The van der Waals surface area contributed by atoms with Crippen LogP contribution in [-0.2, 0) is 0 Å². The average molecular weight is 271 g/mol. The third-order valence-corrected chi connectivity index (χ3v) is 3.12. The fourth-order valence-corrected chi connectivity index (χ4v) is 2.14. The first-order chi connectivity index (χ1) is 9.58. The number of hydrogen-bond acceptors (Lipinski definition) is 4. The van der Waals surface area contributed by atoms with Gasteiger partial charge in [-0.05, 0) is 38.1 Å². The van der Waals surface area contributed by atoms with Crippen LogP contribution in [0.4, 0.5) is 0 Å². The second kappa shape index (κ2) is 5.74. The Kier molecular flexibility index (Phi) is 4.03. The number of methoxy groups -OCH3 is 2. The van der Waals surface area contributed by atoms with Crippen LogP contribution in [0.5, 0.6) is 11.5 Å². The minimum Gasteiger partial charge on any atom is -0.496 e. The molecule has 1 heterocycles. The number of rotatable bonds is 4. The molecule has 0 unspecified atom stereocenters. The van der Waals surface area contributed by atoms with Crippen LogP contribution in [0.1, 0.15) is 27.3 Å². The molecule has 4 nitrogen and oxygen atoms in total. The van der Waals surface area contributed by atoms with Crippen molar-refractivity contribution in [1.82, 2.24) is 4.98 Å². The molecule has 0 saturated heterocycles. The van der Waals surface area contributed by atoms with Crippen molar-refractivity contribution in [2.45, 2.75) is 13.8 Å². The van der Waals surface area contributed by atoms with Crippen LogP contribution < -0.4 is 9.47 Å². The monoisotopic (exact) mass is 271 g/mol. The second-order valence-electron chi connectivity index (χ2n) is 4.45. The van der Waals surface area contributed by atoms with E-state index in [4.69, 9.17) is 9.47 Å². The summed E-state index contributed by atoms with van der Waals surface area (Å²) in [5.74, 6) is 0.841. The smallest absolute Gasteiger partial charge is 0.202 e. The first-order valence-corrected chi connectivity index (χ1v) is 6.28. The Bertz CT molecular complexity index is 628. The Morgan fingerprint density at radius 3 is 2.10 bits per heavy atom. The van der Waals surface area contributed by atoms with Crippen LogP contribution in [-0.4, -0.2) is 25.0 Å². The lowest BCUT2D eigenvalue weighted by molar-refractivity contribution is 0.103. The number of pyridine rings is 1. The van der Waals surface area contributed by atoms with Crippen LogP contribution >= 0.6 is 0 Å². The summed E-state index contributed by atoms with van der Waals surface area (Å²) in [6.45, 7) is 3.72. The van der Waals surface area contributed by atoms with Crippen molar-refractivity contribution in [3.63, 3.8) is 0 Å². The molecule has 4 heteroatoms. The van der Waals surface area contributed by atoms with E-state index in [-0.39, 0.29) is 5.78 Å². The molecule has 2 aromatic rings. The van der Waals surface area contributed by atoms with E-state index in [0.29, 0.717) is 28.3 Å². The third-order valence-electron chi connectivity index (χ3n) is 3.12. The van der Waals surface area contributed by atoms with Gasteiger partial charge in [-0.25, -0.2) is 0 Å². The van der Waals surface area contributed by atoms with Gasteiger partial charge in [0.25, 0.3) is 0 Å². The molecule has 1 aromatic carbocycles. The Balaban J connectivity index is 2.58. The summed E-state index contributed by atoms with van der Waals surface area (Å²) in [4.78, 5) is 17.1. The van der Waals surface area contributed by atoms with Gasteiger partial charge in [0.2, 0.25) is 5.78 Å². The molecule has 0 radical (unpaired) electrons. The average Bonchev–Trinajstić information content (AvgIpc) is 2.45. The zero-order valence-electron chi connectivity index (χ0n) is 12.1. The van der Waals surface area contributed by atoms with Gasteiger partial charge in [0.15, 0.2) is 0 Å². The Morgan fingerprint density at radius 1 is 1.00 bits per heavy atom. The SMILES string of the molecule is COc1cccc(OC)c1C(=O)c1ccc(C)nc1C. The first-order valence-electron chi connectivity index (χ1n) is 6.28. The highest BCUT2D eigenvalue weighted by Crippen LogP contribution is 2.31. The minimum absolute atomic E-state index is 0.149. The molecule has 0 spiro atoms. The molecule has 0 bridgehead atoms. The quantitative estimate of drug-likeness (QED) is 0.802. The van der Waals surface area contributed by atoms with Crippen LogP contribution in [0.2, 0.25) is 0 Å². The number of hydrogen-bond donors (Lipinski definition) is 0. The number of aryl methyl sites for hydroxylation is 2. The molecule has 20 heavy (non-hydrogen) atoms. The number of ether oxygens (including phenoxy) is 2. The maximum absolute atomic E-state index is 12.7. The zero-order valence-corrected chi connectivity index (χ0v) is 12.1. The van der Waals surface area contributed by atoms with E-state index >= 15 is 0 Å². The summed E-state index contributed by atoms with van der Waals surface area (Å²) in [5.41, 5.74) is 2.55. The summed E-state index contributed by atoms with van der Waals surface area (Å²) in [6.07, 6.45) is 0. The molecular formula is C16H17NO3. The van der Waals surface area contributed by atoms with E-state index in [1.165, 1.54) is 14.2 Å². The molecule has 0 aliphatic heterocycles. The van der Waals surface area contributed by atoms with Crippen molar-refractivity contribution in [3.8, 4) is 11.5 Å². The normalized spacial score (nSPS) is 10.2. The molecule has 0 N–H and O–H groups in total. The van der Waals surface area contributed by atoms with Crippen molar-refractivity contribution >= 4 is 5.78 Å². The Morgan fingerprint density at radius 2 is 1.60 bits per heavy atom. The Labute approximate surface area is 118 Å². The fraction of sp³-hybridized carbons (Fsp3) is 0.250. The van der Waals surface area contributed by atoms with Crippen molar-refractivity contribution in [3.05, 3.63) is 52.8 Å². The molecule has 1 aromatic heterocycles. The van der Waals surface area contributed by atoms with E-state index in [1.807, 2.05) is 19.9 Å². The van der Waals surface area contributed by atoms with Gasteiger partial charge in [-0.3, -0.25) is 9.78 Å². The van der Waals surface area contributed by atoms with Crippen LogP contribution in [0.15, 0.2) is 30.3 Å². The topological polar surface area (TPSA) is 48.4 Å². The summed E-state index contributed by atoms with van der Waals surface area (Å²) in [6, 6.07) is 8.88. The largest absolute Gasteiger partial charge is 0.496 e. The van der Waals surface area contributed by atoms with Crippen molar-refractivity contribution in [2.75, 3.05) is 14.2 Å². The molecule has 0 amide bonds. The lowest BCUT2D eigenvalue weighted by atomic mass is 10.00. The number of carbonyl (C=O) groups is 1. The lowest BCUT2D eigenvalue weighted by Crippen LogP contribution is -2.09. The number of ketones is 1. The molecule has 0 aliphatic carbocycles. The molecular weight excluding hydrogens is 254 g/mol. The predicted octanol–water partition coefficient (Wildman–Crippen LogP) is 2.95. The number of benzene rings is 1. The van der Waals surface area contributed by atoms with E-state index < -0.39 is 0 Å². The van der Waals surface area contributed by atoms with E-state index in [2.05, 4.69) is 4.98 Å². The molecule has 0 atom stereocenters. The van der Waals surface area contributed by atoms with Gasteiger partial charge in [0.1, 0.15) is 17.1 Å². The van der Waals surface area contributed by atoms with Gasteiger partial charge in [0, 0.05) is 17.0 Å². The number of nitrogens with zero attached hydrogens (tertiary/aromatic N) is 1. The maximum atomic E-state index is 12.7. The summed E-state index contributed by atoms with van der Waals surface area (Å²) in [7, 11) is 3.07. The second-order valence-corrected chi connectivity index (χ2v) is 4.45. The van der Waals surface area contributed by atoms with E-state index in [9.17, 15) is 4.79 Å². The minimum atomic E-state index is -0.149. The van der Waals surface area contributed by atoms with Crippen LogP contribution in [0.25, 0.3) is 0 Å². The molecule has 2 rings (SSSR count). The standard InChI is InChI=1S/C16H17NO3/c1-10-8-9-12(11(2)17-10)16(18)15-13(19-3)6-5-7-14(15)20-4/h5-9H,1-4H3. The summed E-state index contributed by atoms with van der Waals surface area (Å²) in [5, 5.41) is 0. The van der Waals surface area contributed by atoms with Crippen molar-refractivity contribution in [1.29, 1.82) is 0 Å². The highest BCUT2D eigenvalue weighted by molar-refractivity contribution is 6.13. The van der Waals surface area contributed by atoms with Gasteiger partial charge in [0.05, 0.1) is 14.2 Å². The molecule has 0 aliphatic rings. The number of aromatic nitrogens is 1. The summed E-state index contributed by atoms with van der Waals surface area (Å²) < 4.78 is 10.5. The maximum Gasteiger partial charge on any atom is 0.202 e. The van der Waals surface area contributed by atoms with Crippen LogP contribution in [0.3, 0.4) is 0 Å². The summed E-state index contributed by atoms with van der Waals surface area (Å²) >= 11 is 0. The van der Waals surface area contributed by atoms with E-state index in [0.717, 1.165) is 5.69 Å². The fourth-order valence-electron chi connectivity index (χ4n) is 2.14. The number of carbonyl (C=O) groups excluding carboxylic acids is 1. The van der Waals surface area contributed by atoms with Gasteiger partial charge in [-0.2, -0.15) is 0 Å². The first kappa shape index (κ1) is 14.1. The Hall–Kier alpha value is -2.36. The molecule has 0 fully saturated rings. The lowest BCUT2D eigenvalue weighted by Gasteiger charge is -2.13. The van der Waals surface area contributed by atoms with E-state index in [1.54, 1.807) is 24.3 Å².